The minimum atomic E-state index is -1.19. The van der Waals surface area contributed by atoms with Crippen molar-refractivity contribution in [1.82, 2.24) is 14.7 Å². The summed E-state index contributed by atoms with van der Waals surface area (Å²) in [5, 5.41) is 22.3. The first-order valence-corrected chi connectivity index (χ1v) is 12.7. The predicted octanol–water partition coefficient (Wildman–Crippen LogP) is 4.62. The zero-order chi connectivity index (χ0) is 25.6. The number of furan rings is 2. The molecule has 3 atom stereocenters. The SMILES string of the molecule is N#C[C@]12CN(Cc3ccco3)C[C@](C#N)(C(=S)N3CN(Cc4ccco4)CN=C31)[C@H]2c1ccccc1Cl. The van der Waals surface area contributed by atoms with Gasteiger partial charge in [-0.2, -0.15) is 10.5 Å². The molecule has 2 aromatic heterocycles. The Hall–Kier alpha value is -3.47. The van der Waals surface area contributed by atoms with Gasteiger partial charge >= 0.3 is 0 Å². The summed E-state index contributed by atoms with van der Waals surface area (Å²) >= 11 is 12.8. The molecule has 8 nitrogen and oxygen atoms in total. The Kier molecular flexibility index (Phi) is 5.89. The second-order valence-corrected chi connectivity index (χ2v) is 10.5. The maximum Gasteiger partial charge on any atom is 0.136 e. The molecule has 0 radical (unpaired) electrons. The number of fused-ring (bicyclic) bond motifs is 4. The van der Waals surface area contributed by atoms with Gasteiger partial charge in [-0.1, -0.05) is 42.0 Å². The lowest BCUT2D eigenvalue weighted by Crippen LogP contribution is -2.73. The van der Waals surface area contributed by atoms with E-state index in [0.29, 0.717) is 55.4 Å². The highest BCUT2D eigenvalue weighted by Gasteiger charge is 2.68. The molecule has 2 bridgehead atoms. The number of likely N-dealkylation sites (tertiary alicyclic amines) is 1. The predicted molar refractivity (Wildman–Crippen MR) is 140 cm³/mol. The second-order valence-electron chi connectivity index (χ2n) is 9.75. The molecule has 37 heavy (non-hydrogen) atoms. The van der Waals surface area contributed by atoms with E-state index in [1.165, 1.54) is 0 Å². The lowest BCUT2D eigenvalue weighted by molar-refractivity contribution is 0.0480. The topological polar surface area (TPSA) is 95.9 Å². The number of hydrogen-bond donors (Lipinski definition) is 0. The van der Waals surface area contributed by atoms with Gasteiger partial charge < -0.3 is 13.7 Å². The van der Waals surface area contributed by atoms with Crippen LogP contribution in [0, 0.1) is 33.5 Å². The van der Waals surface area contributed by atoms with E-state index in [1.807, 2.05) is 47.4 Å². The minimum absolute atomic E-state index is 0.338. The van der Waals surface area contributed by atoms with Gasteiger partial charge in [-0.15, -0.1) is 0 Å². The van der Waals surface area contributed by atoms with E-state index in [-0.39, 0.29) is 0 Å². The van der Waals surface area contributed by atoms with Crippen LogP contribution in [0.3, 0.4) is 0 Å². The molecule has 0 N–H and O–H groups in total. The lowest BCUT2D eigenvalue weighted by Gasteiger charge is -2.60. The first-order valence-electron chi connectivity index (χ1n) is 11.9. The summed E-state index contributed by atoms with van der Waals surface area (Å²) in [7, 11) is 0. The Labute approximate surface area is 224 Å². The van der Waals surface area contributed by atoms with Crippen molar-refractivity contribution >= 4 is 34.6 Å². The molecule has 0 spiro atoms. The molecule has 0 unspecified atom stereocenters. The molecule has 186 valence electrons. The minimum Gasteiger partial charge on any atom is -0.468 e. The van der Waals surface area contributed by atoms with Gasteiger partial charge in [-0.25, -0.2) is 0 Å². The number of piperidine rings is 2. The first kappa shape index (κ1) is 23.9. The van der Waals surface area contributed by atoms with Crippen LogP contribution in [0.2, 0.25) is 5.02 Å². The molecule has 10 heteroatoms. The number of benzene rings is 1. The fourth-order valence-corrected chi connectivity index (χ4v) is 6.72. The van der Waals surface area contributed by atoms with Gasteiger partial charge in [0, 0.05) is 24.0 Å². The summed E-state index contributed by atoms with van der Waals surface area (Å²) in [6.07, 6.45) is 3.26. The van der Waals surface area contributed by atoms with Crippen molar-refractivity contribution in [3.05, 3.63) is 83.2 Å². The molecular weight excluding hydrogens is 508 g/mol. The van der Waals surface area contributed by atoms with Gasteiger partial charge in [0.05, 0.1) is 51.1 Å². The molecule has 0 aliphatic carbocycles. The van der Waals surface area contributed by atoms with Crippen LogP contribution in [0.5, 0.6) is 0 Å². The molecule has 5 heterocycles. The highest BCUT2D eigenvalue weighted by molar-refractivity contribution is 7.80. The number of hydrogen-bond acceptors (Lipinski definition) is 8. The van der Waals surface area contributed by atoms with E-state index in [4.69, 9.17) is 37.6 Å². The maximum absolute atomic E-state index is 10.9. The normalized spacial score (nSPS) is 27.8. The van der Waals surface area contributed by atoms with E-state index in [1.54, 1.807) is 18.6 Å². The molecular formula is C27H23ClN6O2S. The molecule has 2 fully saturated rings. The Morgan fingerprint density at radius 1 is 0.946 bits per heavy atom. The van der Waals surface area contributed by atoms with Gasteiger partial charge in [0.2, 0.25) is 0 Å². The van der Waals surface area contributed by atoms with Crippen LogP contribution in [-0.4, -0.2) is 52.0 Å². The second kappa shape index (κ2) is 9.13. The summed E-state index contributed by atoms with van der Waals surface area (Å²) in [6.45, 7) is 2.49. The quantitative estimate of drug-likeness (QED) is 0.441. The van der Waals surface area contributed by atoms with Crippen LogP contribution in [0.4, 0.5) is 0 Å². The number of thiocarbonyl (C=S) groups is 1. The zero-order valence-corrected chi connectivity index (χ0v) is 21.5. The van der Waals surface area contributed by atoms with E-state index < -0.39 is 16.7 Å². The van der Waals surface area contributed by atoms with Crippen molar-refractivity contribution in [3.63, 3.8) is 0 Å². The summed E-state index contributed by atoms with van der Waals surface area (Å²) in [6, 6.07) is 20.1. The average Bonchev–Trinajstić information content (AvgIpc) is 3.62. The smallest absolute Gasteiger partial charge is 0.136 e. The zero-order valence-electron chi connectivity index (χ0n) is 19.9. The molecule has 3 aromatic rings. The number of nitriles is 2. The number of rotatable bonds is 5. The Morgan fingerprint density at radius 3 is 2.22 bits per heavy atom. The van der Waals surface area contributed by atoms with Crippen molar-refractivity contribution in [3.8, 4) is 12.1 Å². The molecule has 0 amide bonds. The third-order valence-electron chi connectivity index (χ3n) is 7.51. The van der Waals surface area contributed by atoms with E-state index in [9.17, 15) is 10.5 Å². The summed E-state index contributed by atoms with van der Waals surface area (Å²) in [5.41, 5.74) is -1.59. The van der Waals surface area contributed by atoms with Crippen LogP contribution in [-0.2, 0) is 13.1 Å². The first-order chi connectivity index (χ1) is 18.0. The van der Waals surface area contributed by atoms with Gasteiger partial charge in [-0.05, 0) is 35.9 Å². The van der Waals surface area contributed by atoms with Crippen LogP contribution >= 0.6 is 23.8 Å². The van der Waals surface area contributed by atoms with Crippen LogP contribution in [0.15, 0.2) is 74.9 Å². The summed E-state index contributed by atoms with van der Waals surface area (Å²) in [5.74, 6) is 1.59. The number of halogens is 1. The molecule has 3 aliphatic heterocycles. The number of aliphatic imine (C=N–C) groups is 1. The number of nitrogens with zero attached hydrogens (tertiary/aromatic N) is 6. The third kappa shape index (κ3) is 3.70. The van der Waals surface area contributed by atoms with Gasteiger partial charge in [0.1, 0.15) is 33.2 Å². The monoisotopic (exact) mass is 530 g/mol. The van der Waals surface area contributed by atoms with Gasteiger partial charge in [0.25, 0.3) is 0 Å². The standard InChI is InChI=1S/C27H23ClN6O2S/c28-22-8-2-1-7-21(22)23-26(13-29)15-32(11-19-5-3-9-35-19)16-27(23,14-30)25(37)34-18-33(17-31-24(26)34)12-20-6-4-10-36-20/h1-10,23H,11-12,15-18H2/t23-,26+,27-/m0/s1. The number of amidine groups is 1. The molecule has 0 saturated carbocycles. The highest BCUT2D eigenvalue weighted by atomic mass is 35.5. The summed E-state index contributed by atoms with van der Waals surface area (Å²) < 4.78 is 11.1. The van der Waals surface area contributed by atoms with Crippen molar-refractivity contribution < 1.29 is 8.83 Å². The largest absolute Gasteiger partial charge is 0.468 e. The fraction of sp³-hybridized carbons (Fsp3) is 0.333. The maximum atomic E-state index is 10.9. The van der Waals surface area contributed by atoms with Crippen molar-refractivity contribution in [2.75, 3.05) is 26.4 Å². The average molecular weight is 531 g/mol. The molecule has 1 aromatic carbocycles. The summed E-state index contributed by atoms with van der Waals surface area (Å²) in [4.78, 5) is 11.5. The van der Waals surface area contributed by atoms with E-state index >= 15 is 0 Å². The van der Waals surface area contributed by atoms with Crippen LogP contribution in [0.25, 0.3) is 0 Å². The lowest BCUT2D eigenvalue weighted by atomic mass is 9.53. The molecule has 3 aliphatic rings. The van der Waals surface area contributed by atoms with E-state index in [2.05, 4.69) is 21.9 Å². The Bertz CT molecular complexity index is 1440. The Morgan fingerprint density at radius 2 is 1.59 bits per heavy atom. The van der Waals surface area contributed by atoms with Gasteiger partial charge in [-0.3, -0.25) is 14.8 Å². The highest BCUT2D eigenvalue weighted by Crippen LogP contribution is 2.59. The van der Waals surface area contributed by atoms with Crippen molar-refractivity contribution in [2.45, 2.75) is 19.0 Å². The fourth-order valence-electron chi connectivity index (χ4n) is 6.10. The molecule has 6 rings (SSSR count). The van der Waals surface area contributed by atoms with Crippen molar-refractivity contribution in [2.24, 2.45) is 15.8 Å². The van der Waals surface area contributed by atoms with Gasteiger partial charge in [0.15, 0.2) is 0 Å². The Balaban J connectivity index is 1.49. The third-order valence-corrected chi connectivity index (χ3v) is 8.44. The van der Waals surface area contributed by atoms with E-state index in [0.717, 1.165) is 17.1 Å². The van der Waals surface area contributed by atoms with Crippen LogP contribution < -0.4 is 0 Å². The molecule has 2 saturated heterocycles. The van der Waals surface area contributed by atoms with Crippen molar-refractivity contribution in [1.29, 1.82) is 10.5 Å². The van der Waals surface area contributed by atoms with Crippen LogP contribution in [0.1, 0.15) is 23.0 Å².